The Morgan fingerprint density at radius 2 is 1.69 bits per heavy atom. The molecule has 1 rings (SSSR count). The van der Waals surface area contributed by atoms with Gasteiger partial charge in [0.2, 0.25) is 0 Å². The quantitative estimate of drug-likeness (QED) is 0.774. The van der Waals surface area contributed by atoms with Gasteiger partial charge < -0.3 is 5.73 Å². The molecule has 0 unspecified atom stereocenters. The molecule has 2 heteroatoms. The maximum absolute atomic E-state index is 12.4. The van der Waals surface area contributed by atoms with E-state index in [1.165, 1.54) is 5.56 Å². The van der Waals surface area contributed by atoms with Gasteiger partial charge in [0.25, 0.3) is 0 Å². The summed E-state index contributed by atoms with van der Waals surface area (Å²) in [6, 6.07) is 7.74. The number of carbonyl (C=O) groups excluding carboxylic acids is 1. The molecule has 1 aromatic rings. The molecule has 1 aromatic carbocycles. The van der Waals surface area contributed by atoms with Crippen molar-refractivity contribution >= 4 is 5.78 Å². The molecule has 0 aliphatic heterocycles. The maximum atomic E-state index is 12.4. The summed E-state index contributed by atoms with van der Waals surface area (Å²) in [4.78, 5) is 12.4. The van der Waals surface area contributed by atoms with E-state index >= 15 is 0 Å². The normalized spacial score (nSPS) is 11.5. The third kappa shape index (κ3) is 2.33. The van der Waals surface area contributed by atoms with E-state index in [1.807, 2.05) is 45.0 Å². The summed E-state index contributed by atoms with van der Waals surface area (Å²) < 4.78 is 0. The summed E-state index contributed by atoms with van der Waals surface area (Å²) in [6.07, 6.45) is 1.60. The lowest BCUT2D eigenvalue weighted by atomic mass is 9.76. The molecule has 88 valence electrons. The molecule has 0 atom stereocenters. The van der Waals surface area contributed by atoms with Gasteiger partial charge in [-0.05, 0) is 19.8 Å². The molecular weight excluding hydrogens is 198 g/mol. The third-order valence-corrected chi connectivity index (χ3v) is 3.54. The Kier molecular flexibility index (Phi) is 4.25. The lowest BCUT2D eigenvalue weighted by Crippen LogP contribution is -2.37. The van der Waals surface area contributed by atoms with Gasteiger partial charge in [-0.1, -0.05) is 43.7 Å². The van der Waals surface area contributed by atoms with Gasteiger partial charge in [0.1, 0.15) is 0 Å². The molecular formula is C14H21NO. The standard InChI is InChI=1S/C14H21NO/c1-4-14(5-2,10-15)13(16)12-8-6-11(3)7-9-12/h6-9H,4-5,10,15H2,1-3H3. The molecule has 0 radical (unpaired) electrons. The first-order valence-corrected chi connectivity index (χ1v) is 5.91. The van der Waals surface area contributed by atoms with Gasteiger partial charge in [-0.2, -0.15) is 0 Å². The van der Waals surface area contributed by atoms with Crippen LogP contribution in [-0.4, -0.2) is 12.3 Å². The van der Waals surface area contributed by atoms with E-state index in [9.17, 15) is 4.79 Å². The number of Topliss-reactive ketones (excluding diaryl/α,β-unsaturated/α-hetero) is 1. The lowest BCUT2D eigenvalue weighted by Gasteiger charge is -2.28. The minimum atomic E-state index is -0.380. The first-order valence-electron chi connectivity index (χ1n) is 5.91. The van der Waals surface area contributed by atoms with Gasteiger partial charge >= 0.3 is 0 Å². The third-order valence-electron chi connectivity index (χ3n) is 3.54. The molecule has 0 aromatic heterocycles. The molecule has 0 fully saturated rings. The Bertz CT molecular complexity index is 341. The van der Waals surface area contributed by atoms with Crippen LogP contribution >= 0.6 is 0 Å². The molecule has 2 nitrogen and oxygen atoms in total. The van der Waals surface area contributed by atoms with Gasteiger partial charge in [0.05, 0.1) is 0 Å². The minimum Gasteiger partial charge on any atom is -0.329 e. The van der Waals surface area contributed by atoms with Crippen molar-refractivity contribution in [2.75, 3.05) is 6.54 Å². The van der Waals surface area contributed by atoms with E-state index in [0.717, 1.165) is 18.4 Å². The molecule has 16 heavy (non-hydrogen) atoms. The summed E-state index contributed by atoms with van der Waals surface area (Å²) in [5.74, 6) is 0.181. The van der Waals surface area contributed by atoms with Crippen molar-refractivity contribution in [3.8, 4) is 0 Å². The van der Waals surface area contributed by atoms with E-state index in [-0.39, 0.29) is 11.2 Å². The first-order chi connectivity index (χ1) is 7.59. The summed E-state index contributed by atoms with van der Waals surface area (Å²) in [6.45, 7) is 6.50. The summed E-state index contributed by atoms with van der Waals surface area (Å²) in [7, 11) is 0. The molecule has 0 spiro atoms. The maximum Gasteiger partial charge on any atom is 0.170 e. The van der Waals surface area contributed by atoms with Crippen LogP contribution in [0.15, 0.2) is 24.3 Å². The van der Waals surface area contributed by atoms with Gasteiger partial charge in [-0.25, -0.2) is 0 Å². The zero-order valence-corrected chi connectivity index (χ0v) is 10.4. The molecule has 2 N–H and O–H groups in total. The molecule has 0 saturated heterocycles. The fraction of sp³-hybridized carbons (Fsp3) is 0.500. The van der Waals surface area contributed by atoms with Crippen LogP contribution in [0.4, 0.5) is 0 Å². The van der Waals surface area contributed by atoms with Crippen LogP contribution in [0.3, 0.4) is 0 Å². The van der Waals surface area contributed by atoms with Crippen LogP contribution in [0.25, 0.3) is 0 Å². The van der Waals surface area contributed by atoms with E-state index in [1.54, 1.807) is 0 Å². The van der Waals surface area contributed by atoms with E-state index in [4.69, 9.17) is 5.73 Å². The second-order valence-corrected chi connectivity index (χ2v) is 4.39. The first kappa shape index (κ1) is 12.9. The smallest absolute Gasteiger partial charge is 0.170 e. The van der Waals surface area contributed by atoms with Gasteiger partial charge in [-0.3, -0.25) is 4.79 Å². The zero-order valence-electron chi connectivity index (χ0n) is 10.4. The summed E-state index contributed by atoms with van der Waals surface area (Å²) in [5.41, 5.74) is 7.34. The number of hydrogen-bond donors (Lipinski definition) is 1. The Morgan fingerprint density at radius 1 is 1.19 bits per heavy atom. The molecule has 0 bridgehead atoms. The van der Waals surface area contributed by atoms with Crippen molar-refractivity contribution in [3.05, 3.63) is 35.4 Å². The van der Waals surface area contributed by atoms with Crippen molar-refractivity contribution in [3.63, 3.8) is 0 Å². The highest BCUT2D eigenvalue weighted by atomic mass is 16.1. The van der Waals surface area contributed by atoms with Crippen molar-refractivity contribution < 1.29 is 4.79 Å². The Labute approximate surface area is 97.9 Å². The van der Waals surface area contributed by atoms with E-state index < -0.39 is 0 Å². The topological polar surface area (TPSA) is 43.1 Å². The van der Waals surface area contributed by atoms with Crippen LogP contribution in [0.1, 0.15) is 42.6 Å². The largest absolute Gasteiger partial charge is 0.329 e. The molecule has 0 aliphatic carbocycles. The van der Waals surface area contributed by atoms with E-state index in [2.05, 4.69) is 0 Å². The van der Waals surface area contributed by atoms with Crippen molar-refractivity contribution in [2.45, 2.75) is 33.6 Å². The fourth-order valence-electron chi connectivity index (χ4n) is 1.96. The Morgan fingerprint density at radius 3 is 2.06 bits per heavy atom. The van der Waals surface area contributed by atoms with Crippen LogP contribution in [0.2, 0.25) is 0 Å². The predicted octanol–water partition coefficient (Wildman–Crippen LogP) is 2.94. The van der Waals surface area contributed by atoms with E-state index in [0.29, 0.717) is 6.54 Å². The average Bonchev–Trinajstić information content (AvgIpc) is 2.33. The van der Waals surface area contributed by atoms with Crippen LogP contribution in [0, 0.1) is 12.3 Å². The van der Waals surface area contributed by atoms with Crippen LogP contribution in [0.5, 0.6) is 0 Å². The SMILES string of the molecule is CCC(CC)(CN)C(=O)c1ccc(C)cc1. The minimum absolute atomic E-state index is 0.181. The highest BCUT2D eigenvalue weighted by Crippen LogP contribution is 2.29. The number of rotatable bonds is 5. The predicted molar refractivity (Wildman–Crippen MR) is 67.6 cm³/mol. The number of benzene rings is 1. The summed E-state index contributed by atoms with van der Waals surface area (Å²) in [5, 5.41) is 0. The zero-order chi connectivity index (χ0) is 12.2. The molecule has 0 aliphatic rings. The van der Waals surface area contributed by atoms with Gasteiger partial charge in [0, 0.05) is 17.5 Å². The number of nitrogens with two attached hydrogens (primary N) is 1. The van der Waals surface area contributed by atoms with Crippen molar-refractivity contribution in [2.24, 2.45) is 11.1 Å². The highest BCUT2D eigenvalue weighted by molar-refractivity contribution is 6.00. The second-order valence-electron chi connectivity index (χ2n) is 4.39. The Balaban J connectivity index is 3.04. The number of carbonyl (C=O) groups is 1. The highest BCUT2D eigenvalue weighted by Gasteiger charge is 2.33. The molecule has 0 amide bonds. The Hall–Kier alpha value is -1.15. The number of hydrogen-bond acceptors (Lipinski definition) is 2. The van der Waals surface area contributed by atoms with Gasteiger partial charge in [-0.15, -0.1) is 0 Å². The summed E-state index contributed by atoms with van der Waals surface area (Å²) >= 11 is 0. The van der Waals surface area contributed by atoms with Gasteiger partial charge in [0.15, 0.2) is 5.78 Å². The fourth-order valence-corrected chi connectivity index (χ4v) is 1.96. The van der Waals surface area contributed by atoms with Crippen LogP contribution < -0.4 is 5.73 Å². The number of ketones is 1. The monoisotopic (exact) mass is 219 g/mol. The number of aryl methyl sites for hydroxylation is 1. The molecule has 0 saturated carbocycles. The van der Waals surface area contributed by atoms with Crippen molar-refractivity contribution in [1.29, 1.82) is 0 Å². The molecule has 0 heterocycles. The van der Waals surface area contributed by atoms with Crippen molar-refractivity contribution in [1.82, 2.24) is 0 Å². The lowest BCUT2D eigenvalue weighted by molar-refractivity contribution is 0.0787. The average molecular weight is 219 g/mol. The van der Waals surface area contributed by atoms with Crippen LogP contribution in [-0.2, 0) is 0 Å². The second kappa shape index (κ2) is 5.26.